The third kappa shape index (κ3) is 4.88. The van der Waals surface area contributed by atoms with Gasteiger partial charge in [0, 0.05) is 30.3 Å². The molecular weight excluding hydrogens is 282 g/mol. The molecule has 0 aliphatic carbocycles. The van der Waals surface area contributed by atoms with Gasteiger partial charge in [-0.05, 0) is 30.5 Å². The van der Waals surface area contributed by atoms with Crippen LogP contribution in [-0.4, -0.2) is 19.6 Å². The summed E-state index contributed by atoms with van der Waals surface area (Å²) in [6.45, 7) is 4.57. The summed E-state index contributed by atoms with van der Waals surface area (Å²) in [6.07, 6.45) is 0.472. The van der Waals surface area contributed by atoms with Crippen molar-refractivity contribution in [1.82, 2.24) is 0 Å². The van der Waals surface area contributed by atoms with Crippen LogP contribution in [0.4, 0.5) is 5.69 Å². The Kier molecular flexibility index (Phi) is 5.65. The number of hydrogen-bond donors (Lipinski definition) is 1. The second-order valence-electron chi connectivity index (χ2n) is 4.27. The van der Waals surface area contributed by atoms with Gasteiger partial charge in [0.1, 0.15) is 0 Å². The van der Waals surface area contributed by atoms with Crippen molar-refractivity contribution in [3.05, 3.63) is 28.2 Å². The van der Waals surface area contributed by atoms with Gasteiger partial charge in [-0.3, -0.25) is 4.79 Å². The van der Waals surface area contributed by atoms with Gasteiger partial charge in [-0.1, -0.05) is 28.9 Å². The lowest BCUT2D eigenvalue weighted by atomic mass is 10.1. The molecule has 0 aliphatic heterocycles. The summed E-state index contributed by atoms with van der Waals surface area (Å²) in [4.78, 5) is 11.8. The third-order valence-electron chi connectivity index (χ3n) is 2.46. The lowest BCUT2D eigenvalue weighted by Gasteiger charge is -2.12. The third-order valence-corrected chi connectivity index (χ3v) is 2.95. The van der Waals surface area contributed by atoms with Crippen LogP contribution in [0.3, 0.4) is 0 Å². The molecule has 0 fully saturated rings. The number of aryl methyl sites for hydroxylation is 1. The van der Waals surface area contributed by atoms with Crippen LogP contribution < -0.4 is 5.32 Å². The second-order valence-corrected chi connectivity index (χ2v) is 5.19. The van der Waals surface area contributed by atoms with E-state index >= 15 is 0 Å². The number of methoxy groups -OCH3 is 1. The van der Waals surface area contributed by atoms with Gasteiger partial charge in [0.2, 0.25) is 5.91 Å². The van der Waals surface area contributed by atoms with Gasteiger partial charge in [-0.25, -0.2) is 0 Å². The van der Waals surface area contributed by atoms with E-state index in [0.29, 0.717) is 13.0 Å². The first-order valence-corrected chi connectivity index (χ1v) is 6.37. The molecule has 1 unspecified atom stereocenters. The predicted molar refractivity (Wildman–Crippen MR) is 73.2 cm³/mol. The Hall–Kier alpha value is -0.870. The van der Waals surface area contributed by atoms with E-state index < -0.39 is 0 Å². The number of carbonyl (C=O) groups excluding carboxylic acids is 1. The lowest BCUT2D eigenvalue weighted by Crippen LogP contribution is -2.18. The van der Waals surface area contributed by atoms with E-state index in [1.165, 1.54) is 0 Å². The summed E-state index contributed by atoms with van der Waals surface area (Å²) >= 11 is 3.39. The molecule has 17 heavy (non-hydrogen) atoms. The average molecular weight is 300 g/mol. The summed E-state index contributed by atoms with van der Waals surface area (Å²) in [5, 5.41) is 2.92. The fourth-order valence-corrected chi connectivity index (χ4v) is 1.95. The summed E-state index contributed by atoms with van der Waals surface area (Å²) in [7, 11) is 1.65. The molecule has 0 aliphatic rings. The number of ether oxygens (including phenoxy) is 1. The Bertz CT molecular complexity index is 393. The first kappa shape index (κ1) is 14.2. The molecule has 1 aromatic rings. The molecule has 3 nitrogen and oxygen atoms in total. The molecule has 0 aromatic heterocycles. The lowest BCUT2D eigenvalue weighted by molar-refractivity contribution is -0.117. The fourth-order valence-electron chi connectivity index (χ4n) is 1.59. The van der Waals surface area contributed by atoms with E-state index in [4.69, 9.17) is 4.74 Å². The van der Waals surface area contributed by atoms with Crippen molar-refractivity contribution < 1.29 is 9.53 Å². The van der Waals surface area contributed by atoms with Gasteiger partial charge in [-0.15, -0.1) is 0 Å². The maximum atomic E-state index is 11.8. The van der Waals surface area contributed by atoms with Crippen molar-refractivity contribution in [3.63, 3.8) is 0 Å². The Morgan fingerprint density at radius 2 is 2.24 bits per heavy atom. The molecule has 1 N–H and O–H groups in total. The van der Waals surface area contributed by atoms with Crippen molar-refractivity contribution in [1.29, 1.82) is 0 Å². The number of rotatable bonds is 5. The number of hydrogen-bond acceptors (Lipinski definition) is 2. The van der Waals surface area contributed by atoms with Crippen LogP contribution in [0.25, 0.3) is 0 Å². The average Bonchev–Trinajstić information content (AvgIpc) is 2.23. The van der Waals surface area contributed by atoms with E-state index in [2.05, 4.69) is 21.2 Å². The monoisotopic (exact) mass is 299 g/mol. The van der Waals surface area contributed by atoms with Crippen LogP contribution in [0.2, 0.25) is 0 Å². The molecule has 0 spiro atoms. The van der Waals surface area contributed by atoms with Crippen LogP contribution in [0.5, 0.6) is 0 Å². The van der Waals surface area contributed by atoms with Gasteiger partial charge in [0.25, 0.3) is 0 Å². The molecule has 0 bridgehead atoms. The molecule has 94 valence electrons. The molecule has 1 rings (SSSR count). The smallest absolute Gasteiger partial charge is 0.224 e. The molecule has 0 saturated carbocycles. The maximum Gasteiger partial charge on any atom is 0.224 e. The van der Waals surface area contributed by atoms with Crippen molar-refractivity contribution in [3.8, 4) is 0 Å². The van der Waals surface area contributed by atoms with E-state index in [0.717, 1.165) is 15.7 Å². The summed E-state index contributed by atoms with van der Waals surface area (Å²) in [5.74, 6) is 0.253. The molecule has 0 heterocycles. The molecule has 4 heteroatoms. The Morgan fingerprint density at radius 1 is 1.53 bits per heavy atom. The van der Waals surface area contributed by atoms with Crippen LogP contribution >= 0.6 is 15.9 Å². The second kappa shape index (κ2) is 6.77. The van der Waals surface area contributed by atoms with Crippen molar-refractivity contribution in [2.75, 3.05) is 19.0 Å². The summed E-state index contributed by atoms with van der Waals surface area (Å²) < 4.78 is 5.97. The van der Waals surface area contributed by atoms with Crippen molar-refractivity contribution >= 4 is 27.5 Å². The number of benzene rings is 1. The summed E-state index contributed by atoms with van der Waals surface area (Å²) in [5.41, 5.74) is 1.91. The highest BCUT2D eigenvalue weighted by molar-refractivity contribution is 9.10. The van der Waals surface area contributed by atoms with Crippen LogP contribution in [0.1, 0.15) is 18.9 Å². The van der Waals surface area contributed by atoms with E-state index in [9.17, 15) is 4.79 Å². The molecule has 1 atom stereocenters. The zero-order valence-corrected chi connectivity index (χ0v) is 12.0. The van der Waals surface area contributed by atoms with E-state index in [-0.39, 0.29) is 11.8 Å². The Labute approximate surface area is 111 Å². The molecule has 0 radical (unpaired) electrons. The number of amides is 1. The quantitative estimate of drug-likeness (QED) is 0.905. The van der Waals surface area contributed by atoms with E-state index in [1.54, 1.807) is 7.11 Å². The minimum atomic E-state index is 0.0238. The van der Waals surface area contributed by atoms with Crippen molar-refractivity contribution in [2.45, 2.75) is 20.3 Å². The van der Waals surface area contributed by atoms with Gasteiger partial charge in [0.05, 0.1) is 0 Å². The van der Waals surface area contributed by atoms with Crippen LogP contribution in [0.15, 0.2) is 22.7 Å². The first-order valence-electron chi connectivity index (χ1n) is 5.58. The topological polar surface area (TPSA) is 38.3 Å². The molecule has 1 amide bonds. The van der Waals surface area contributed by atoms with Crippen molar-refractivity contribution in [2.24, 2.45) is 5.92 Å². The Morgan fingerprint density at radius 3 is 2.88 bits per heavy atom. The minimum Gasteiger partial charge on any atom is -0.384 e. The SMILES string of the molecule is COCC(C)CC(=O)Nc1cc(Br)ccc1C. The minimum absolute atomic E-state index is 0.0238. The zero-order valence-electron chi connectivity index (χ0n) is 10.4. The molecule has 0 saturated heterocycles. The number of nitrogens with one attached hydrogen (secondary N) is 1. The largest absolute Gasteiger partial charge is 0.384 e. The van der Waals surface area contributed by atoms with Crippen LogP contribution in [-0.2, 0) is 9.53 Å². The zero-order chi connectivity index (χ0) is 12.8. The highest BCUT2D eigenvalue weighted by atomic mass is 79.9. The molecule has 1 aromatic carbocycles. The highest BCUT2D eigenvalue weighted by Crippen LogP contribution is 2.21. The standard InChI is InChI=1S/C13H18BrNO2/c1-9(8-17-3)6-13(16)15-12-7-11(14)5-4-10(12)2/h4-5,7,9H,6,8H2,1-3H3,(H,15,16). The Balaban J connectivity index is 2.58. The van der Waals surface area contributed by atoms with Gasteiger partial charge < -0.3 is 10.1 Å². The van der Waals surface area contributed by atoms with Gasteiger partial charge in [0.15, 0.2) is 0 Å². The maximum absolute atomic E-state index is 11.8. The highest BCUT2D eigenvalue weighted by Gasteiger charge is 2.10. The van der Waals surface area contributed by atoms with E-state index in [1.807, 2.05) is 32.0 Å². The first-order chi connectivity index (χ1) is 8.02. The van der Waals surface area contributed by atoms with Crippen LogP contribution in [0, 0.1) is 12.8 Å². The van der Waals surface area contributed by atoms with Gasteiger partial charge >= 0.3 is 0 Å². The number of carbonyl (C=O) groups is 1. The molecular formula is C13H18BrNO2. The number of anilines is 1. The summed E-state index contributed by atoms with van der Waals surface area (Å²) in [6, 6.07) is 5.84. The number of halogens is 1. The van der Waals surface area contributed by atoms with Gasteiger partial charge in [-0.2, -0.15) is 0 Å². The normalized spacial score (nSPS) is 12.2. The fraction of sp³-hybridized carbons (Fsp3) is 0.462. The predicted octanol–water partition coefficient (Wildman–Crippen LogP) is 3.37.